The second-order valence-electron chi connectivity index (χ2n) is 6.65. The first-order chi connectivity index (χ1) is 11.9. The van der Waals surface area contributed by atoms with E-state index in [1.807, 2.05) is 63.8 Å². The van der Waals surface area contributed by atoms with Gasteiger partial charge in [0.1, 0.15) is 22.5 Å². The number of hydrogen-bond donors (Lipinski definition) is 0. The van der Waals surface area contributed by atoms with Crippen LogP contribution >= 0.6 is 11.8 Å². The Morgan fingerprint density at radius 3 is 2.44 bits per heavy atom. The first-order valence-electron chi connectivity index (χ1n) is 8.51. The lowest BCUT2D eigenvalue weighted by molar-refractivity contribution is -0.133. The van der Waals surface area contributed by atoms with E-state index >= 15 is 0 Å². The van der Waals surface area contributed by atoms with Crippen LogP contribution in [0.1, 0.15) is 34.6 Å². The Hall–Kier alpha value is -2.08. The van der Waals surface area contributed by atoms with E-state index in [9.17, 15) is 4.79 Å². The van der Waals surface area contributed by atoms with Gasteiger partial charge in [0.05, 0.1) is 5.25 Å². The van der Waals surface area contributed by atoms with Gasteiger partial charge >= 0.3 is 0 Å². The fourth-order valence-electron chi connectivity index (χ4n) is 3.12. The number of hydrogen-bond acceptors (Lipinski definition) is 5. The van der Waals surface area contributed by atoms with E-state index in [0.717, 1.165) is 16.5 Å². The van der Waals surface area contributed by atoms with Gasteiger partial charge in [0.15, 0.2) is 5.58 Å². The maximum Gasteiger partial charge on any atom is 0.236 e. The van der Waals surface area contributed by atoms with Crippen LogP contribution in [0.5, 0.6) is 0 Å². The number of amides is 1. The molecular weight excluding hydrogens is 334 g/mol. The minimum Gasteiger partial charge on any atom is -0.451 e. The van der Waals surface area contributed by atoms with Crippen molar-refractivity contribution in [2.75, 3.05) is 0 Å². The lowest BCUT2D eigenvalue weighted by atomic mass is 10.2. The van der Waals surface area contributed by atoms with Crippen molar-refractivity contribution in [2.45, 2.75) is 57.0 Å². The van der Waals surface area contributed by atoms with Gasteiger partial charge in [-0.15, -0.1) is 0 Å². The molecule has 5 nitrogen and oxygen atoms in total. The highest BCUT2D eigenvalue weighted by molar-refractivity contribution is 8.00. The van der Waals surface area contributed by atoms with Crippen LogP contribution in [0.4, 0.5) is 0 Å². The summed E-state index contributed by atoms with van der Waals surface area (Å²) in [6, 6.07) is 8.11. The summed E-state index contributed by atoms with van der Waals surface area (Å²) in [5.74, 6) is 0.109. The fourth-order valence-corrected chi connectivity index (χ4v) is 4.03. The van der Waals surface area contributed by atoms with Crippen molar-refractivity contribution < 1.29 is 9.21 Å². The Morgan fingerprint density at radius 1 is 1.08 bits per heavy atom. The van der Waals surface area contributed by atoms with Crippen molar-refractivity contribution in [3.63, 3.8) is 0 Å². The topological polar surface area (TPSA) is 59.2 Å². The lowest BCUT2D eigenvalue weighted by Crippen LogP contribution is -2.45. The summed E-state index contributed by atoms with van der Waals surface area (Å²) in [6.45, 7) is 10.1. The van der Waals surface area contributed by atoms with E-state index in [-0.39, 0.29) is 23.2 Å². The van der Waals surface area contributed by atoms with E-state index in [2.05, 4.69) is 9.97 Å². The molecule has 2 aromatic heterocycles. The third-order valence-electron chi connectivity index (χ3n) is 4.13. The summed E-state index contributed by atoms with van der Waals surface area (Å²) < 4.78 is 5.95. The Morgan fingerprint density at radius 2 is 1.76 bits per heavy atom. The van der Waals surface area contributed by atoms with E-state index in [1.54, 1.807) is 0 Å². The highest BCUT2D eigenvalue weighted by atomic mass is 32.2. The minimum absolute atomic E-state index is 0.109. The largest absolute Gasteiger partial charge is 0.451 e. The molecule has 0 aliphatic heterocycles. The summed E-state index contributed by atoms with van der Waals surface area (Å²) in [5.41, 5.74) is 2.22. The first-order valence-corrected chi connectivity index (χ1v) is 9.39. The highest BCUT2D eigenvalue weighted by Gasteiger charge is 2.27. The molecule has 2 heterocycles. The quantitative estimate of drug-likeness (QED) is 0.497. The summed E-state index contributed by atoms with van der Waals surface area (Å²) in [4.78, 5) is 23.5. The van der Waals surface area contributed by atoms with Crippen molar-refractivity contribution in [1.82, 2.24) is 14.9 Å². The number of furan rings is 1. The predicted octanol–water partition coefficient (Wildman–Crippen LogP) is 4.50. The first kappa shape index (κ1) is 17.7. The van der Waals surface area contributed by atoms with Gasteiger partial charge in [0.2, 0.25) is 5.91 Å². The highest BCUT2D eigenvalue weighted by Crippen LogP contribution is 2.34. The molecule has 0 spiro atoms. The van der Waals surface area contributed by atoms with Crippen LogP contribution in [0.2, 0.25) is 0 Å². The zero-order chi connectivity index (χ0) is 18.1. The molecule has 1 aromatic carbocycles. The number of rotatable bonds is 5. The summed E-state index contributed by atoms with van der Waals surface area (Å²) in [7, 11) is 0. The molecule has 25 heavy (non-hydrogen) atoms. The summed E-state index contributed by atoms with van der Waals surface area (Å²) >= 11 is 1.42. The van der Waals surface area contributed by atoms with Crippen LogP contribution in [-0.2, 0) is 4.79 Å². The number of nitrogens with zero attached hydrogens (tertiary/aromatic N) is 3. The Kier molecular flexibility index (Phi) is 4.99. The average Bonchev–Trinajstić information content (AvgIpc) is 2.94. The number of fused-ring (bicyclic) bond motifs is 3. The molecule has 132 valence electrons. The number of carbonyl (C=O) groups is 1. The third-order valence-corrected chi connectivity index (χ3v) is 5.20. The maximum atomic E-state index is 12.9. The average molecular weight is 357 g/mol. The number of benzene rings is 1. The number of aromatic nitrogens is 2. The smallest absolute Gasteiger partial charge is 0.236 e. The van der Waals surface area contributed by atoms with Gasteiger partial charge in [-0.1, -0.05) is 23.9 Å². The second kappa shape index (κ2) is 7.04. The standard InChI is InChI=1S/C19H23N3O2S/c1-11(2)22(12(3)4)19(23)13(5)25-18-17-16(20-10-21-18)14-8-6-7-9-15(14)24-17/h6-13H,1-5H3/t13-/m1/s1. The van der Waals surface area contributed by atoms with Crippen LogP contribution in [-0.4, -0.2) is 38.1 Å². The van der Waals surface area contributed by atoms with E-state index in [0.29, 0.717) is 10.6 Å². The Balaban J connectivity index is 1.93. The third kappa shape index (κ3) is 3.35. The van der Waals surface area contributed by atoms with E-state index in [4.69, 9.17) is 4.42 Å². The van der Waals surface area contributed by atoms with E-state index < -0.39 is 0 Å². The van der Waals surface area contributed by atoms with Gasteiger partial charge in [-0.25, -0.2) is 9.97 Å². The summed E-state index contributed by atoms with van der Waals surface area (Å²) in [6.07, 6.45) is 1.53. The molecule has 1 atom stereocenters. The molecule has 0 aliphatic carbocycles. The van der Waals surface area contributed by atoms with Gasteiger partial charge in [-0.3, -0.25) is 4.79 Å². The van der Waals surface area contributed by atoms with Gasteiger partial charge in [-0.2, -0.15) is 0 Å². The zero-order valence-electron chi connectivity index (χ0n) is 15.2. The van der Waals surface area contributed by atoms with E-state index in [1.165, 1.54) is 18.1 Å². The molecule has 6 heteroatoms. The molecule has 0 unspecified atom stereocenters. The molecule has 1 amide bonds. The second-order valence-corrected chi connectivity index (χ2v) is 7.98. The Labute approximate surface area is 151 Å². The number of carbonyl (C=O) groups excluding carboxylic acids is 1. The minimum atomic E-state index is -0.254. The van der Waals surface area contributed by atoms with Gasteiger partial charge < -0.3 is 9.32 Å². The zero-order valence-corrected chi connectivity index (χ0v) is 16.0. The van der Waals surface area contributed by atoms with Gasteiger partial charge in [-0.05, 0) is 46.8 Å². The van der Waals surface area contributed by atoms with Crippen molar-refractivity contribution in [3.8, 4) is 0 Å². The van der Waals surface area contributed by atoms with Crippen LogP contribution in [0.3, 0.4) is 0 Å². The van der Waals surface area contributed by atoms with Crippen LogP contribution in [0, 0.1) is 0 Å². The van der Waals surface area contributed by atoms with Crippen LogP contribution < -0.4 is 0 Å². The normalized spacial score (nSPS) is 13.1. The van der Waals surface area contributed by atoms with Gasteiger partial charge in [0, 0.05) is 17.5 Å². The van der Waals surface area contributed by atoms with Crippen LogP contribution in [0.25, 0.3) is 22.1 Å². The monoisotopic (exact) mass is 357 g/mol. The summed E-state index contributed by atoms with van der Waals surface area (Å²) in [5, 5.41) is 1.41. The lowest BCUT2D eigenvalue weighted by Gasteiger charge is -2.32. The molecular formula is C19H23N3O2S. The maximum absolute atomic E-state index is 12.9. The molecule has 0 fully saturated rings. The van der Waals surface area contributed by atoms with Crippen molar-refractivity contribution in [1.29, 1.82) is 0 Å². The molecule has 0 aliphatic rings. The molecule has 0 radical (unpaired) electrons. The SMILES string of the molecule is CC(C)N(C(=O)[C@@H](C)Sc1ncnc2c1oc1ccccc12)C(C)C. The molecule has 0 saturated carbocycles. The van der Waals surface area contributed by atoms with Crippen molar-refractivity contribution in [2.24, 2.45) is 0 Å². The molecule has 0 bridgehead atoms. The van der Waals surface area contributed by atoms with Crippen LogP contribution in [0.15, 0.2) is 40.0 Å². The fraction of sp³-hybridized carbons (Fsp3) is 0.421. The molecule has 3 aromatic rings. The predicted molar refractivity (Wildman–Crippen MR) is 102 cm³/mol. The number of thioether (sulfide) groups is 1. The molecule has 3 rings (SSSR count). The van der Waals surface area contributed by atoms with Crippen molar-refractivity contribution >= 4 is 39.7 Å². The molecule has 0 saturated heterocycles. The number of para-hydroxylation sites is 1. The van der Waals surface area contributed by atoms with Crippen molar-refractivity contribution in [3.05, 3.63) is 30.6 Å². The Bertz CT molecular complexity index is 896. The van der Waals surface area contributed by atoms with Gasteiger partial charge in [0.25, 0.3) is 0 Å². The molecule has 0 N–H and O–H groups in total.